The Balaban J connectivity index is 2.57. The number of nitrogens with one attached hydrogen (secondary N) is 2. The lowest BCUT2D eigenvalue weighted by molar-refractivity contribution is -0.143. The molecule has 0 aromatic heterocycles. The van der Waals surface area contributed by atoms with Crippen molar-refractivity contribution in [2.45, 2.75) is 71.7 Å². The molecular formula is C27H35ClN4O6. The molecule has 0 radical (unpaired) electrons. The number of amides is 4. The third-order valence-corrected chi connectivity index (χ3v) is 5.70. The first-order valence-corrected chi connectivity index (χ1v) is 12.4. The predicted octanol–water partition coefficient (Wildman–Crippen LogP) is 4.04. The Bertz CT molecular complexity index is 1170. The van der Waals surface area contributed by atoms with Crippen LogP contribution in [0.5, 0.6) is 5.75 Å². The number of benzene rings is 2. The van der Waals surface area contributed by atoms with Crippen molar-refractivity contribution in [3.63, 3.8) is 0 Å². The van der Waals surface area contributed by atoms with Gasteiger partial charge in [-0.2, -0.15) is 0 Å². The van der Waals surface area contributed by atoms with Gasteiger partial charge in [-0.3, -0.25) is 14.4 Å². The van der Waals surface area contributed by atoms with Gasteiger partial charge in [-0.25, -0.2) is 4.79 Å². The van der Waals surface area contributed by atoms with Crippen LogP contribution in [0, 0.1) is 6.92 Å². The Morgan fingerprint density at radius 3 is 2.26 bits per heavy atom. The Morgan fingerprint density at radius 2 is 1.74 bits per heavy atom. The lowest BCUT2D eigenvalue weighted by atomic mass is 9.99. The lowest BCUT2D eigenvalue weighted by Gasteiger charge is -2.37. The van der Waals surface area contributed by atoms with Gasteiger partial charge in [-0.05, 0) is 70.9 Å². The molecule has 2 aromatic carbocycles. The molecule has 10 nitrogen and oxygen atoms in total. The number of halogens is 1. The minimum Gasteiger partial charge on any atom is -0.508 e. The Hall–Kier alpha value is -3.79. The summed E-state index contributed by atoms with van der Waals surface area (Å²) in [5.41, 5.74) is 5.88. The molecule has 0 fully saturated rings. The first kappa shape index (κ1) is 30.4. The number of para-hydroxylation sites is 1. The van der Waals surface area contributed by atoms with E-state index in [0.29, 0.717) is 21.8 Å². The molecule has 0 bridgehead atoms. The van der Waals surface area contributed by atoms with E-state index in [1.165, 1.54) is 23.1 Å². The van der Waals surface area contributed by atoms with Gasteiger partial charge < -0.3 is 31.1 Å². The maximum Gasteiger partial charge on any atom is 0.408 e. The van der Waals surface area contributed by atoms with Gasteiger partial charge in [0.25, 0.3) is 5.91 Å². The Kier molecular flexibility index (Phi) is 10.1. The molecule has 2 aromatic rings. The standard InChI is InChI=1S/C27H35ClN4O6/c1-15(2)32(25(36)20(14-21(29)34)30-26(37)38-27(4,5)6)23(17-10-8-11-18(33)13-17)24(35)31-22-16(3)9-7-12-19(22)28/h7-13,15,20,23,33H,14H2,1-6H3,(H2,29,34)(H,30,37)(H,31,35). The number of carbonyl (C=O) groups is 4. The molecule has 0 spiro atoms. The van der Waals surface area contributed by atoms with Crippen molar-refractivity contribution in [2.24, 2.45) is 5.73 Å². The van der Waals surface area contributed by atoms with E-state index in [4.69, 9.17) is 22.1 Å². The fourth-order valence-corrected chi connectivity index (χ4v) is 4.09. The van der Waals surface area contributed by atoms with E-state index < -0.39 is 54.0 Å². The van der Waals surface area contributed by atoms with Crippen molar-refractivity contribution >= 4 is 41.1 Å². The Labute approximate surface area is 227 Å². The molecule has 0 heterocycles. The zero-order valence-corrected chi connectivity index (χ0v) is 23.1. The van der Waals surface area contributed by atoms with Crippen molar-refractivity contribution in [3.05, 3.63) is 58.6 Å². The normalized spacial score (nSPS) is 12.8. The molecule has 11 heteroatoms. The van der Waals surface area contributed by atoms with Crippen LogP contribution >= 0.6 is 11.6 Å². The minimum atomic E-state index is -1.42. The third kappa shape index (κ3) is 8.37. The Morgan fingerprint density at radius 1 is 1.11 bits per heavy atom. The molecular weight excluding hydrogens is 512 g/mol. The molecule has 5 N–H and O–H groups in total. The first-order valence-electron chi connectivity index (χ1n) is 12.1. The summed E-state index contributed by atoms with van der Waals surface area (Å²) in [6.07, 6.45) is -1.45. The van der Waals surface area contributed by atoms with E-state index in [9.17, 15) is 24.3 Å². The molecule has 0 aliphatic heterocycles. The van der Waals surface area contributed by atoms with Crippen LogP contribution in [-0.2, 0) is 19.1 Å². The van der Waals surface area contributed by atoms with Gasteiger partial charge in [0.1, 0.15) is 23.4 Å². The number of anilines is 1. The van der Waals surface area contributed by atoms with Gasteiger partial charge in [-0.15, -0.1) is 0 Å². The van der Waals surface area contributed by atoms with Crippen molar-refractivity contribution in [2.75, 3.05) is 5.32 Å². The van der Waals surface area contributed by atoms with Gasteiger partial charge in [-0.1, -0.05) is 35.9 Å². The second-order valence-electron chi connectivity index (χ2n) is 10.1. The van der Waals surface area contributed by atoms with Crippen LogP contribution in [0.3, 0.4) is 0 Å². The van der Waals surface area contributed by atoms with Crippen LogP contribution in [0.2, 0.25) is 5.02 Å². The average Bonchev–Trinajstić information content (AvgIpc) is 2.77. The van der Waals surface area contributed by atoms with Crippen LogP contribution in [0.4, 0.5) is 10.5 Å². The third-order valence-electron chi connectivity index (χ3n) is 5.39. The predicted molar refractivity (Wildman–Crippen MR) is 145 cm³/mol. The number of alkyl carbamates (subject to hydrolysis) is 1. The molecule has 206 valence electrons. The number of nitrogens with two attached hydrogens (primary N) is 1. The largest absolute Gasteiger partial charge is 0.508 e. The topological polar surface area (TPSA) is 151 Å². The second kappa shape index (κ2) is 12.6. The van der Waals surface area contributed by atoms with E-state index in [1.54, 1.807) is 65.8 Å². The molecule has 2 unspecified atom stereocenters. The number of phenols is 1. The number of hydrogen-bond donors (Lipinski definition) is 4. The molecule has 0 saturated heterocycles. The summed E-state index contributed by atoms with van der Waals surface area (Å²) in [4.78, 5) is 53.2. The second-order valence-corrected chi connectivity index (χ2v) is 10.5. The van der Waals surface area contributed by atoms with Crippen LogP contribution in [0.25, 0.3) is 0 Å². The molecule has 0 aliphatic carbocycles. The number of phenolic OH excluding ortho intramolecular Hbond substituents is 1. The summed E-state index contributed by atoms with van der Waals surface area (Å²) in [5.74, 6) is -2.33. The highest BCUT2D eigenvalue weighted by atomic mass is 35.5. The molecule has 2 rings (SSSR count). The number of aryl methyl sites for hydroxylation is 1. The SMILES string of the molecule is Cc1cccc(Cl)c1NC(=O)C(c1cccc(O)c1)N(C(=O)C(CC(N)=O)NC(=O)OC(C)(C)C)C(C)C. The fraction of sp³-hybridized carbons (Fsp3) is 0.407. The lowest BCUT2D eigenvalue weighted by Crippen LogP contribution is -2.55. The number of hydrogen-bond acceptors (Lipinski definition) is 6. The molecule has 2 atom stereocenters. The number of aromatic hydroxyl groups is 1. The highest BCUT2D eigenvalue weighted by Gasteiger charge is 2.38. The molecule has 4 amide bonds. The summed E-state index contributed by atoms with van der Waals surface area (Å²) >= 11 is 6.32. The summed E-state index contributed by atoms with van der Waals surface area (Å²) in [7, 11) is 0. The van der Waals surface area contributed by atoms with Crippen molar-refractivity contribution in [3.8, 4) is 5.75 Å². The molecule has 0 aliphatic rings. The fourth-order valence-electron chi connectivity index (χ4n) is 3.83. The smallest absolute Gasteiger partial charge is 0.408 e. The summed E-state index contributed by atoms with van der Waals surface area (Å²) in [6, 6.07) is 7.74. The van der Waals surface area contributed by atoms with Gasteiger partial charge in [0.15, 0.2) is 0 Å². The van der Waals surface area contributed by atoms with E-state index >= 15 is 0 Å². The van der Waals surface area contributed by atoms with E-state index in [-0.39, 0.29) is 5.75 Å². The number of primary amides is 1. The van der Waals surface area contributed by atoms with Crippen LogP contribution in [-0.4, -0.2) is 51.5 Å². The maximum absolute atomic E-state index is 13.9. The monoisotopic (exact) mass is 546 g/mol. The van der Waals surface area contributed by atoms with Crippen molar-refractivity contribution in [1.82, 2.24) is 10.2 Å². The summed E-state index contributed by atoms with van der Waals surface area (Å²) in [6.45, 7) is 10.1. The maximum atomic E-state index is 13.9. The van der Waals surface area contributed by atoms with Crippen molar-refractivity contribution < 1.29 is 29.0 Å². The number of rotatable bonds is 9. The zero-order chi connectivity index (χ0) is 28.8. The molecule has 0 saturated carbocycles. The quantitative estimate of drug-likeness (QED) is 0.372. The number of carbonyl (C=O) groups excluding carboxylic acids is 4. The van der Waals surface area contributed by atoms with Gasteiger partial charge in [0, 0.05) is 6.04 Å². The van der Waals surface area contributed by atoms with Gasteiger partial charge in [0.2, 0.25) is 11.8 Å². The highest BCUT2D eigenvalue weighted by molar-refractivity contribution is 6.34. The van der Waals surface area contributed by atoms with E-state index in [1.807, 2.05) is 0 Å². The van der Waals surface area contributed by atoms with E-state index in [2.05, 4.69) is 10.6 Å². The summed E-state index contributed by atoms with van der Waals surface area (Å²) < 4.78 is 5.25. The van der Waals surface area contributed by atoms with Gasteiger partial charge >= 0.3 is 6.09 Å². The number of nitrogens with zero attached hydrogens (tertiary/aromatic N) is 1. The first-order chi connectivity index (χ1) is 17.6. The van der Waals surface area contributed by atoms with Crippen LogP contribution < -0.4 is 16.4 Å². The zero-order valence-electron chi connectivity index (χ0n) is 22.4. The van der Waals surface area contributed by atoms with Crippen molar-refractivity contribution in [1.29, 1.82) is 0 Å². The minimum absolute atomic E-state index is 0.119. The van der Waals surface area contributed by atoms with Crippen LogP contribution in [0.1, 0.15) is 58.2 Å². The number of ether oxygens (including phenoxy) is 1. The van der Waals surface area contributed by atoms with Gasteiger partial charge in [0.05, 0.1) is 17.1 Å². The van der Waals surface area contributed by atoms with E-state index in [0.717, 1.165) is 0 Å². The highest BCUT2D eigenvalue weighted by Crippen LogP contribution is 2.31. The molecule has 38 heavy (non-hydrogen) atoms. The summed E-state index contributed by atoms with van der Waals surface area (Å²) in [5, 5.41) is 15.6. The van der Waals surface area contributed by atoms with Crippen LogP contribution in [0.15, 0.2) is 42.5 Å². The average molecular weight is 547 g/mol.